The molecule has 0 heterocycles. The molecular weight excluding hydrogens is 599 g/mol. The molecular formula is C32H60O6Sn. The molecule has 0 aromatic carbocycles. The molecule has 0 aliphatic rings. The van der Waals surface area contributed by atoms with Gasteiger partial charge in [0, 0.05) is 0 Å². The molecule has 1 N–H and O–H groups in total. The van der Waals surface area contributed by atoms with E-state index in [1.54, 1.807) is 0 Å². The zero-order chi connectivity index (χ0) is 29.0. The molecule has 0 aliphatic heterocycles. The van der Waals surface area contributed by atoms with Crippen LogP contribution in [0.5, 0.6) is 0 Å². The maximum atomic E-state index is 13.0. The van der Waals surface area contributed by atoms with E-state index in [0.29, 0.717) is 15.3 Å². The summed E-state index contributed by atoms with van der Waals surface area (Å²) in [6.45, 7) is 6.62. The van der Waals surface area contributed by atoms with Gasteiger partial charge >= 0.3 is 239 Å². The van der Waals surface area contributed by atoms with Crippen molar-refractivity contribution in [3.63, 3.8) is 0 Å². The summed E-state index contributed by atoms with van der Waals surface area (Å²) >= 11 is -4.11. The average molecular weight is 660 g/mol. The van der Waals surface area contributed by atoms with Gasteiger partial charge in [-0.05, 0) is 0 Å². The van der Waals surface area contributed by atoms with Crippen LogP contribution in [0.15, 0.2) is 12.2 Å². The zero-order valence-corrected chi connectivity index (χ0v) is 28.5. The first kappa shape index (κ1) is 37.9. The predicted octanol–water partition coefficient (Wildman–Crippen LogP) is 9.80. The summed E-state index contributed by atoms with van der Waals surface area (Å²) in [5, 5.41) is 8.94. The van der Waals surface area contributed by atoms with E-state index in [4.69, 9.17) is 11.3 Å². The van der Waals surface area contributed by atoms with Crippen LogP contribution in [0, 0.1) is 0 Å². The Labute approximate surface area is 245 Å². The molecule has 0 amide bonds. The Morgan fingerprint density at radius 1 is 0.538 bits per heavy atom. The van der Waals surface area contributed by atoms with Gasteiger partial charge in [0.25, 0.3) is 0 Å². The Morgan fingerprint density at radius 2 is 0.923 bits per heavy atom. The van der Waals surface area contributed by atoms with E-state index in [2.05, 4.69) is 20.8 Å². The Kier molecular flexibility index (Phi) is 26.4. The minimum atomic E-state index is -4.11. The van der Waals surface area contributed by atoms with Gasteiger partial charge in [-0.3, -0.25) is 0 Å². The molecule has 0 aromatic heterocycles. The molecule has 0 bridgehead atoms. The molecule has 0 radical (unpaired) electrons. The van der Waals surface area contributed by atoms with Crippen LogP contribution < -0.4 is 0 Å². The van der Waals surface area contributed by atoms with Gasteiger partial charge in [-0.15, -0.1) is 0 Å². The van der Waals surface area contributed by atoms with Crippen molar-refractivity contribution in [2.75, 3.05) is 0 Å². The fraction of sp³-hybridized carbons (Fsp3) is 0.844. The first-order valence-electron chi connectivity index (χ1n) is 16.2. The molecule has 0 rings (SSSR count). The van der Waals surface area contributed by atoms with E-state index in [0.717, 1.165) is 69.9 Å². The SMILES string of the molecule is CCCCCCCCCCCC(=O)[O][Sn]([CH2]CCCCCCC)([CH2]CCCCCCC)[O]C(=O)C=CC(=O)O. The molecule has 6 nitrogen and oxygen atoms in total. The third-order valence-electron chi connectivity index (χ3n) is 7.26. The van der Waals surface area contributed by atoms with Gasteiger partial charge in [0.15, 0.2) is 0 Å². The molecule has 39 heavy (non-hydrogen) atoms. The van der Waals surface area contributed by atoms with E-state index in [-0.39, 0.29) is 5.97 Å². The van der Waals surface area contributed by atoms with E-state index in [1.807, 2.05) is 0 Å². The standard InChI is InChI=1S/C12H24O2.2C8H17.C4H4O4.Sn/c1-2-3-4-5-6-7-8-9-10-11-12(13)14;2*1-3-5-7-8-6-4-2;5-3(6)1-2-4(7)8;/h2-11H2,1H3,(H,13,14);2*1,3-8H2,2H3;1-2H,(H,5,6)(H,7,8);/q;;;;+2/p-2. The zero-order valence-electron chi connectivity index (χ0n) is 25.6. The third kappa shape index (κ3) is 24.5. The van der Waals surface area contributed by atoms with Crippen LogP contribution in [-0.2, 0) is 20.5 Å². The Morgan fingerprint density at radius 3 is 1.33 bits per heavy atom. The van der Waals surface area contributed by atoms with Crippen LogP contribution >= 0.6 is 0 Å². The number of carboxylic acids is 1. The van der Waals surface area contributed by atoms with Crippen LogP contribution in [0.4, 0.5) is 0 Å². The van der Waals surface area contributed by atoms with Gasteiger partial charge in [-0.2, -0.15) is 0 Å². The van der Waals surface area contributed by atoms with Crippen LogP contribution in [0.25, 0.3) is 0 Å². The molecule has 0 atom stereocenters. The van der Waals surface area contributed by atoms with Crippen molar-refractivity contribution in [3.05, 3.63) is 12.2 Å². The minimum absolute atomic E-state index is 0.235. The maximum absolute atomic E-state index is 13.0. The van der Waals surface area contributed by atoms with Crippen molar-refractivity contribution in [3.8, 4) is 0 Å². The Bertz CT molecular complexity index is 633. The second kappa shape index (κ2) is 27.1. The van der Waals surface area contributed by atoms with Crippen LogP contribution in [0.2, 0.25) is 8.87 Å². The van der Waals surface area contributed by atoms with Gasteiger partial charge in [0.2, 0.25) is 0 Å². The number of carbonyl (C=O) groups is 3. The average Bonchev–Trinajstić information content (AvgIpc) is 2.90. The number of aliphatic carboxylic acids is 1. The molecule has 0 saturated heterocycles. The third-order valence-corrected chi connectivity index (χ3v) is 17.0. The number of unbranched alkanes of at least 4 members (excludes halogenated alkanes) is 18. The summed E-state index contributed by atoms with van der Waals surface area (Å²) in [7, 11) is 0. The molecule has 0 aliphatic carbocycles. The van der Waals surface area contributed by atoms with Crippen LogP contribution in [0.3, 0.4) is 0 Å². The van der Waals surface area contributed by atoms with E-state index in [9.17, 15) is 14.4 Å². The van der Waals surface area contributed by atoms with Crippen molar-refractivity contribution in [2.45, 2.75) is 171 Å². The predicted molar refractivity (Wildman–Crippen MR) is 163 cm³/mol. The second-order valence-corrected chi connectivity index (χ2v) is 20.3. The van der Waals surface area contributed by atoms with Gasteiger partial charge in [0.05, 0.1) is 0 Å². The quantitative estimate of drug-likeness (QED) is 0.0511. The fourth-order valence-electron chi connectivity index (χ4n) is 4.89. The molecule has 0 fully saturated rings. The number of hydrogen-bond acceptors (Lipinski definition) is 5. The summed E-state index contributed by atoms with van der Waals surface area (Å²) in [6, 6.07) is 0. The summed E-state index contributed by atoms with van der Waals surface area (Å²) < 4.78 is 13.5. The molecule has 228 valence electrons. The molecule has 0 saturated carbocycles. The van der Waals surface area contributed by atoms with Gasteiger partial charge in [-0.25, -0.2) is 0 Å². The number of rotatable bonds is 28. The first-order valence-corrected chi connectivity index (χ1v) is 22.6. The topological polar surface area (TPSA) is 89.9 Å². The van der Waals surface area contributed by atoms with Gasteiger partial charge in [-0.1, -0.05) is 6.92 Å². The van der Waals surface area contributed by atoms with Crippen molar-refractivity contribution < 1.29 is 25.6 Å². The van der Waals surface area contributed by atoms with E-state index >= 15 is 0 Å². The number of carboxylic acid groups (broad SMARTS) is 1. The van der Waals surface area contributed by atoms with E-state index in [1.165, 1.54) is 77.0 Å². The van der Waals surface area contributed by atoms with E-state index < -0.39 is 31.1 Å². The Hall–Kier alpha value is -1.05. The first-order chi connectivity index (χ1) is 18.9. The van der Waals surface area contributed by atoms with Crippen LogP contribution in [-0.4, -0.2) is 42.2 Å². The molecule has 0 spiro atoms. The fourth-order valence-corrected chi connectivity index (χ4v) is 14.1. The normalized spacial score (nSPS) is 11.7. The molecule has 0 unspecified atom stereocenters. The summed E-state index contributed by atoms with van der Waals surface area (Å²) in [4.78, 5) is 36.5. The summed E-state index contributed by atoms with van der Waals surface area (Å²) in [5.41, 5.74) is 0. The van der Waals surface area contributed by atoms with Crippen molar-refractivity contribution in [1.29, 1.82) is 0 Å². The second-order valence-electron chi connectivity index (χ2n) is 11.1. The molecule has 0 aromatic rings. The van der Waals surface area contributed by atoms with Crippen LogP contribution in [0.1, 0.15) is 162 Å². The monoisotopic (exact) mass is 660 g/mol. The summed E-state index contributed by atoms with van der Waals surface area (Å²) in [6.07, 6.45) is 26.0. The molecule has 7 heteroatoms. The number of carbonyl (C=O) groups excluding carboxylic acids is 2. The van der Waals surface area contributed by atoms with Gasteiger partial charge in [0.1, 0.15) is 0 Å². The van der Waals surface area contributed by atoms with Gasteiger partial charge < -0.3 is 0 Å². The van der Waals surface area contributed by atoms with Crippen molar-refractivity contribution >= 4 is 37.1 Å². The number of hydrogen-bond donors (Lipinski definition) is 1. The van der Waals surface area contributed by atoms with Crippen molar-refractivity contribution in [2.24, 2.45) is 0 Å². The summed E-state index contributed by atoms with van der Waals surface area (Å²) in [5.74, 6) is -2.11. The van der Waals surface area contributed by atoms with Crippen molar-refractivity contribution in [1.82, 2.24) is 0 Å². The Balaban J connectivity index is 5.11.